The number of fused-ring (bicyclic) bond motifs is 2. The van der Waals surface area contributed by atoms with Gasteiger partial charge in [-0.05, 0) is 51.6 Å². The lowest BCUT2D eigenvalue weighted by atomic mass is 9.98. The van der Waals surface area contributed by atoms with E-state index in [9.17, 15) is 9.59 Å². The number of carbonyl (C=O) groups is 2. The number of hydrogen-bond acceptors (Lipinski definition) is 4. The molecule has 8 rings (SSSR count). The summed E-state index contributed by atoms with van der Waals surface area (Å²) in [5.41, 5.74) is 7.95. The Hall–Kier alpha value is -5.36. The van der Waals surface area contributed by atoms with E-state index in [-0.39, 0.29) is 25.0 Å². The monoisotopic (exact) mass is 554 g/mol. The second kappa shape index (κ2) is 12.4. The molecule has 6 nitrogen and oxygen atoms in total. The van der Waals surface area contributed by atoms with Gasteiger partial charge in [0.05, 0.1) is 0 Å². The molecule has 42 heavy (non-hydrogen) atoms. The van der Waals surface area contributed by atoms with E-state index in [0.717, 1.165) is 44.5 Å². The van der Waals surface area contributed by atoms with Crippen molar-refractivity contribution in [2.24, 2.45) is 0 Å². The average Bonchev–Trinajstić information content (AvgIpc) is 3.05. The predicted octanol–water partition coefficient (Wildman–Crippen LogP) is 6.39. The molecule has 0 radical (unpaired) electrons. The van der Waals surface area contributed by atoms with Crippen LogP contribution < -0.4 is 20.1 Å². The molecule has 0 aliphatic carbocycles. The second-order valence-corrected chi connectivity index (χ2v) is 10.1. The molecule has 0 atom stereocenters. The lowest BCUT2D eigenvalue weighted by Gasteiger charge is -2.15. The van der Waals surface area contributed by atoms with Gasteiger partial charge in [0.2, 0.25) is 0 Å². The SMILES string of the molecule is O=C1COc2ccccc2-c2ccccc2OCC(=O)NCc2ccc(cc2)-c2cccc(c2)-c2ccc(cc2)CN1. The van der Waals surface area contributed by atoms with Crippen LogP contribution in [-0.2, 0) is 22.7 Å². The number of hydrogen-bond donors (Lipinski definition) is 2. The van der Waals surface area contributed by atoms with Gasteiger partial charge in [-0.2, -0.15) is 0 Å². The largest absolute Gasteiger partial charge is 0.483 e. The molecule has 6 bridgehead atoms. The van der Waals surface area contributed by atoms with E-state index in [0.29, 0.717) is 24.6 Å². The van der Waals surface area contributed by atoms with Crippen molar-refractivity contribution in [2.75, 3.05) is 13.2 Å². The van der Waals surface area contributed by atoms with Crippen LogP contribution in [0.5, 0.6) is 11.5 Å². The topological polar surface area (TPSA) is 76.7 Å². The summed E-state index contributed by atoms with van der Waals surface area (Å²) in [6.45, 7) is 0.532. The molecular weight excluding hydrogens is 524 g/mol. The molecule has 3 aliphatic heterocycles. The summed E-state index contributed by atoms with van der Waals surface area (Å²) in [7, 11) is 0. The Morgan fingerprint density at radius 3 is 1.33 bits per heavy atom. The molecular formula is C36H30N2O4. The third kappa shape index (κ3) is 6.34. The van der Waals surface area contributed by atoms with Crippen molar-refractivity contribution in [1.82, 2.24) is 10.6 Å². The number of rotatable bonds is 0. The second-order valence-electron chi connectivity index (χ2n) is 10.1. The van der Waals surface area contributed by atoms with Crippen LogP contribution >= 0.6 is 0 Å². The van der Waals surface area contributed by atoms with E-state index in [4.69, 9.17) is 9.47 Å². The number of amides is 2. The summed E-state index contributed by atoms with van der Waals surface area (Å²) in [6.07, 6.45) is 0. The van der Waals surface area contributed by atoms with Gasteiger partial charge >= 0.3 is 0 Å². The Kier molecular flexibility index (Phi) is 7.95. The van der Waals surface area contributed by atoms with Crippen LogP contribution in [0.3, 0.4) is 0 Å². The van der Waals surface area contributed by atoms with Crippen LogP contribution in [0.4, 0.5) is 0 Å². The molecule has 2 amide bonds. The number of nitrogens with one attached hydrogen (secondary N) is 2. The van der Waals surface area contributed by atoms with Crippen molar-refractivity contribution < 1.29 is 19.1 Å². The summed E-state index contributed by atoms with van der Waals surface area (Å²) >= 11 is 0. The first kappa shape index (κ1) is 26.8. The van der Waals surface area contributed by atoms with Crippen molar-refractivity contribution in [2.45, 2.75) is 13.1 Å². The highest BCUT2D eigenvalue weighted by Crippen LogP contribution is 2.36. The quantitative estimate of drug-likeness (QED) is 0.233. The van der Waals surface area contributed by atoms with E-state index in [2.05, 4.69) is 59.2 Å². The van der Waals surface area contributed by atoms with Crippen molar-refractivity contribution >= 4 is 11.8 Å². The van der Waals surface area contributed by atoms with Gasteiger partial charge in [0.1, 0.15) is 11.5 Å². The van der Waals surface area contributed by atoms with E-state index >= 15 is 0 Å². The standard InChI is InChI=1S/C36H30N2O4/c39-35-23-41-33-10-3-1-8-31(33)32-9-2-4-11-34(32)42-24-36(40)38-22-26-14-18-28(19-15-26)30-7-5-6-29(20-30)27-16-12-25(13-17-27)21-37-35/h1-20H,21-24H2,(H,37,39)(H,38,40). The molecule has 5 aromatic rings. The highest BCUT2D eigenvalue weighted by Gasteiger charge is 2.14. The van der Waals surface area contributed by atoms with Crippen LogP contribution in [0.25, 0.3) is 33.4 Å². The average molecular weight is 555 g/mol. The maximum Gasteiger partial charge on any atom is 0.258 e. The Labute approximate surface area is 244 Å². The minimum Gasteiger partial charge on any atom is -0.483 e. The molecule has 6 heteroatoms. The Morgan fingerprint density at radius 1 is 0.452 bits per heavy atom. The normalized spacial score (nSPS) is 13.7. The lowest BCUT2D eigenvalue weighted by molar-refractivity contribution is -0.124. The highest BCUT2D eigenvalue weighted by atomic mass is 16.5. The molecule has 2 N–H and O–H groups in total. The fourth-order valence-corrected chi connectivity index (χ4v) is 4.93. The Morgan fingerprint density at radius 2 is 0.881 bits per heavy atom. The third-order valence-electron chi connectivity index (χ3n) is 7.20. The zero-order valence-electron chi connectivity index (χ0n) is 23.0. The molecule has 0 saturated carbocycles. The van der Waals surface area contributed by atoms with E-state index in [1.54, 1.807) is 0 Å². The van der Waals surface area contributed by atoms with Crippen molar-refractivity contribution in [1.29, 1.82) is 0 Å². The molecule has 0 spiro atoms. The van der Waals surface area contributed by atoms with E-state index in [1.807, 2.05) is 72.8 Å². The van der Waals surface area contributed by atoms with E-state index < -0.39 is 0 Å². The summed E-state index contributed by atoms with van der Waals surface area (Å²) in [5, 5.41) is 5.88. The van der Waals surface area contributed by atoms with Gasteiger partial charge in [0, 0.05) is 24.2 Å². The highest BCUT2D eigenvalue weighted by molar-refractivity contribution is 5.81. The van der Waals surface area contributed by atoms with Gasteiger partial charge in [0.15, 0.2) is 13.2 Å². The Balaban J connectivity index is 1.29. The molecule has 0 saturated heterocycles. The molecule has 5 aromatic carbocycles. The fraction of sp³-hybridized carbons (Fsp3) is 0.111. The molecule has 3 heterocycles. The van der Waals surface area contributed by atoms with Crippen molar-refractivity contribution in [3.8, 4) is 44.9 Å². The third-order valence-corrected chi connectivity index (χ3v) is 7.20. The first-order valence-corrected chi connectivity index (χ1v) is 13.9. The predicted molar refractivity (Wildman–Crippen MR) is 164 cm³/mol. The number of benzene rings is 5. The summed E-state index contributed by atoms with van der Waals surface area (Å²) < 4.78 is 11.9. The molecule has 0 unspecified atom stereocenters. The van der Waals surface area contributed by atoms with Crippen LogP contribution in [-0.4, -0.2) is 25.0 Å². The van der Waals surface area contributed by atoms with Crippen molar-refractivity contribution in [3.05, 3.63) is 132 Å². The molecule has 208 valence electrons. The van der Waals surface area contributed by atoms with Crippen LogP contribution in [0.1, 0.15) is 11.1 Å². The van der Waals surface area contributed by atoms with Crippen molar-refractivity contribution in [3.63, 3.8) is 0 Å². The number of carbonyl (C=O) groups excluding carboxylic acids is 2. The zero-order chi connectivity index (χ0) is 28.7. The minimum atomic E-state index is -0.223. The lowest BCUT2D eigenvalue weighted by Crippen LogP contribution is -2.28. The van der Waals surface area contributed by atoms with Crippen LogP contribution in [0.2, 0.25) is 0 Å². The van der Waals surface area contributed by atoms with Gasteiger partial charge in [-0.3, -0.25) is 9.59 Å². The van der Waals surface area contributed by atoms with Gasteiger partial charge in [-0.1, -0.05) is 103 Å². The van der Waals surface area contributed by atoms with Crippen LogP contribution in [0, 0.1) is 0 Å². The molecule has 0 aromatic heterocycles. The van der Waals surface area contributed by atoms with Gasteiger partial charge in [0.25, 0.3) is 11.8 Å². The first-order valence-electron chi connectivity index (χ1n) is 13.9. The number of ether oxygens (including phenoxy) is 2. The van der Waals surface area contributed by atoms with Gasteiger partial charge in [-0.25, -0.2) is 0 Å². The van der Waals surface area contributed by atoms with Gasteiger partial charge in [-0.15, -0.1) is 0 Å². The maximum absolute atomic E-state index is 12.7. The summed E-state index contributed by atoms with van der Waals surface area (Å²) in [5.74, 6) is 0.653. The summed E-state index contributed by atoms with van der Waals surface area (Å²) in [6, 6.07) is 39.7. The maximum atomic E-state index is 12.7. The zero-order valence-corrected chi connectivity index (χ0v) is 23.0. The smallest absolute Gasteiger partial charge is 0.258 e. The minimum absolute atomic E-state index is 0.132. The summed E-state index contributed by atoms with van der Waals surface area (Å²) in [4.78, 5) is 25.4. The Bertz CT molecular complexity index is 1590. The van der Waals surface area contributed by atoms with Crippen LogP contribution in [0.15, 0.2) is 121 Å². The molecule has 3 aliphatic rings. The fourth-order valence-electron chi connectivity index (χ4n) is 4.93. The first-order chi connectivity index (χ1) is 20.6. The van der Waals surface area contributed by atoms with Gasteiger partial charge < -0.3 is 20.1 Å². The van der Waals surface area contributed by atoms with E-state index in [1.165, 1.54) is 0 Å². The molecule has 0 fully saturated rings. The number of para-hydroxylation sites is 2.